The summed E-state index contributed by atoms with van der Waals surface area (Å²) in [5.74, 6) is 1.85. The molecule has 1 aromatic carbocycles. The highest BCUT2D eigenvalue weighted by Crippen LogP contribution is 2.57. The van der Waals surface area contributed by atoms with Crippen molar-refractivity contribution in [2.24, 2.45) is 5.92 Å². The fraction of sp³-hybridized carbons (Fsp3) is 0.462. The van der Waals surface area contributed by atoms with E-state index in [4.69, 9.17) is 4.74 Å². The molecule has 0 amide bonds. The molecular formula is C13H14O3. The number of carbonyl (C=O) groups excluding carboxylic acids is 1. The first kappa shape index (κ1) is 9.70. The number of benzene rings is 1. The van der Waals surface area contributed by atoms with Gasteiger partial charge >= 0.3 is 0 Å². The summed E-state index contributed by atoms with van der Waals surface area (Å²) in [6.45, 7) is 2.55. The Labute approximate surface area is 94.0 Å². The van der Waals surface area contributed by atoms with E-state index in [1.54, 1.807) is 13.0 Å². The molecule has 2 aliphatic rings. The fourth-order valence-corrected chi connectivity index (χ4v) is 2.47. The van der Waals surface area contributed by atoms with Crippen molar-refractivity contribution in [1.82, 2.24) is 0 Å². The van der Waals surface area contributed by atoms with Crippen LogP contribution in [0.1, 0.15) is 41.6 Å². The van der Waals surface area contributed by atoms with Gasteiger partial charge in [-0.2, -0.15) is 0 Å². The molecule has 1 fully saturated rings. The molecule has 0 unspecified atom stereocenters. The number of hydrogen-bond donors (Lipinski definition) is 1. The third-order valence-corrected chi connectivity index (χ3v) is 3.54. The summed E-state index contributed by atoms with van der Waals surface area (Å²) in [6.07, 6.45) is 1.49. The molecule has 1 saturated carbocycles. The molecule has 3 heteroatoms. The summed E-state index contributed by atoms with van der Waals surface area (Å²) in [5.41, 5.74) is 1.30. The average Bonchev–Trinajstić information content (AvgIpc) is 3.07. The lowest BCUT2D eigenvalue weighted by Gasteiger charge is -2.19. The van der Waals surface area contributed by atoms with Crippen LogP contribution in [-0.4, -0.2) is 17.5 Å². The number of phenolic OH excluding ortho intramolecular Hbond substituents is 1. The van der Waals surface area contributed by atoms with Crippen molar-refractivity contribution in [1.29, 1.82) is 0 Å². The van der Waals surface area contributed by atoms with Gasteiger partial charge in [-0.3, -0.25) is 4.79 Å². The van der Waals surface area contributed by atoms with Crippen LogP contribution in [0.5, 0.6) is 11.5 Å². The SMILES string of the molecule is CCC(=O)c1ccc2c(c1O)[C@H]1C[C@H]1CO2. The van der Waals surface area contributed by atoms with E-state index in [0.717, 1.165) is 24.3 Å². The van der Waals surface area contributed by atoms with Gasteiger partial charge in [0.1, 0.15) is 11.5 Å². The van der Waals surface area contributed by atoms with Crippen LogP contribution in [0.4, 0.5) is 0 Å². The van der Waals surface area contributed by atoms with E-state index in [-0.39, 0.29) is 11.5 Å². The smallest absolute Gasteiger partial charge is 0.166 e. The maximum absolute atomic E-state index is 11.6. The van der Waals surface area contributed by atoms with E-state index in [1.165, 1.54) is 0 Å². The number of phenols is 1. The molecule has 0 spiro atoms. The predicted molar refractivity (Wildman–Crippen MR) is 59.1 cm³/mol. The number of carbonyl (C=O) groups is 1. The topological polar surface area (TPSA) is 46.5 Å². The molecule has 1 N–H and O–H groups in total. The zero-order valence-corrected chi connectivity index (χ0v) is 9.19. The molecule has 1 heterocycles. The first-order valence-corrected chi connectivity index (χ1v) is 5.74. The molecule has 0 aromatic heterocycles. The van der Waals surface area contributed by atoms with Crippen molar-refractivity contribution in [2.45, 2.75) is 25.7 Å². The molecule has 3 nitrogen and oxygen atoms in total. The summed E-state index contributed by atoms with van der Waals surface area (Å²) in [7, 11) is 0. The number of Topliss-reactive ketones (excluding diaryl/α,β-unsaturated/α-hetero) is 1. The molecule has 0 saturated heterocycles. The highest BCUT2D eigenvalue weighted by molar-refractivity contribution is 5.99. The Morgan fingerprint density at radius 2 is 2.38 bits per heavy atom. The van der Waals surface area contributed by atoms with Gasteiger partial charge in [0.25, 0.3) is 0 Å². The number of aromatic hydroxyl groups is 1. The van der Waals surface area contributed by atoms with Crippen LogP contribution in [0.3, 0.4) is 0 Å². The van der Waals surface area contributed by atoms with Crippen molar-refractivity contribution >= 4 is 5.78 Å². The van der Waals surface area contributed by atoms with Crippen LogP contribution in [-0.2, 0) is 0 Å². The summed E-state index contributed by atoms with van der Waals surface area (Å²) >= 11 is 0. The zero-order valence-electron chi connectivity index (χ0n) is 9.19. The van der Waals surface area contributed by atoms with Crippen LogP contribution in [0, 0.1) is 5.92 Å². The van der Waals surface area contributed by atoms with Crippen molar-refractivity contribution in [3.63, 3.8) is 0 Å². The van der Waals surface area contributed by atoms with Gasteiger partial charge in [-0.25, -0.2) is 0 Å². The minimum Gasteiger partial charge on any atom is -0.507 e. The molecule has 84 valence electrons. The van der Waals surface area contributed by atoms with E-state index in [9.17, 15) is 9.90 Å². The average molecular weight is 218 g/mol. The van der Waals surface area contributed by atoms with Crippen molar-refractivity contribution in [3.05, 3.63) is 23.3 Å². The van der Waals surface area contributed by atoms with Crippen LogP contribution >= 0.6 is 0 Å². The van der Waals surface area contributed by atoms with Gasteiger partial charge in [-0.05, 0) is 24.5 Å². The van der Waals surface area contributed by atoms with Crippen LogP contribution in [0.15, 0.2) is 12.1 Å². The number of rotatable bonds is 2. The van der Waals surface area contributed by atoms with E-state index >= 15 is 0 Å². The van der Waals surface area contributed by atoms with Gasteiger partial charge in [0.05, 0.1) is 12.2 Å². The largest absolute Gasteiger partial charge is 0.507 e. The van der Waals surface area contributed by atoms with E-state index in [2.05, 4.69) is 0 Å². The summed E-state index contributed by atoms with van der Waals surface area (Å²) in [4.78, 5) is 11.6. The van der Waals surface area contributed by atoms with Crippen LogP contribution < -0.4 is 4.74 Å². The molecule has 16 heavy (non-hydrogen) atoms. The van der Waals surface area contributed by atoms with Crippen LogP contribution in [0.25, 0.3) is 0 Å². The normalized spacial score (nSPS) is 25.3. The first-order valence-electron chi connectivity index (χ1n) is 5.74. The molecular weight excluding hydrogens is 204 g/mol. The van der Waals surface area contributed by atoms with Crippen LogP contribution in [0.2, 0.25) is 0 Å². The molecule has 2 atom stereocenters. The minimum absolute atomic E-state index is 0.0110. The maximum atomic E-state index is 11.6. The van der Waals surface area contributed by atoms with Crippen molar-refractivity contribution in [2.75, 3.05) is 6.61 Å². The summed E-state index contributed by atoms with van der Waals surface area (Å²) in [5, 5.41) is 10.1. The number of ether oxygens (including phenoxy) is 1. The zero-order chi connectivity index (χ0) is 11.3. The lowest BCUT2D eigenvalue weighted by molar-refractivity contribution is 0.0985. The Hall–Kier alpha value is -1.51. The third kappa shape index (κ3) is 1.24. The monoisotopic (exact) mass is 218 g/mol. The highest BCUT2D eigenvalue weighted by atomic mass is 16.5. The maximum Gasteiger partial charge on any atom is 0.166 e. The second-order valence-electron chi connectivity index (χ2n) is 4.56. The second-order valence-corrected chi connectivity index (χ2v) is 4.56. The van der Waals surface area contributed by atoms with Crippen molar-refractivity contribution < 1.29 is 14.6 Å². The summed E-state index contributed by atoms with van der Waals surface area (Å²) < 4.78 is 5.56. The summed E-state index contributed by atoms with van der Waals surface area (Å²) in [6, 6.07) is 3.48. The Morgan fingerprint density at radius 1 is 1.56 bits per heavy atom. The highest BCUT2D eigenvalue weighted by Gasteiger charge is 2.46. The Balaban J connectivity index is 2.11. The quantitative estimate of drug-likeness (QED) is 0.776. The lowest BCUT2D eigenvalue weighted by Crippen LogP contribution is -2.10. The first-order chi connectivity index (χ1) is 7.72. The third-order valence-electron chi connectivity index (χ3n) is 3.54. The minimum atomic E-state index is -0.0110. The lowest BCUT2D eigenvalue weighted by atomic mass is 9.98. The fourth-order valence-electron chi connectivity index (χ4n) is 2.47. The van der Waals surface area contributed by atoms with Gasteiger partial charge in [0, 0.05) is 17.9 Å². The number of fused-ring (bicyclic) bond motifs is 3. The molecule has 1 aromatic rings. The van der Waals surface area contributed by atoms with Crippen molar-refractivity contribution in [3.8, 4) is 11.5 Å². The van der Waals surface area contributed by atoms with Gasteiger partial charge in [-0.1, -0.05) is 6.92 Å². The Morgan fingerprint density at radius 3 is 3.12 bits per heavy atom. The van der Waals surface area contributed by atoms with E-state index in [1.807, 2.05) is 6.07 Å². The van der Waals surface area contributed by atoms with E-state index in [0.29, 0.717) is 23.8 Å². The Bertz CT molecular complexity index is 464. The molecule has 0 bridgehead atoms. The van der Waals surface area contributed by atoms with Gasteiger partial charge in [-0.15, -0.1) is 0 Å². The molecule has 1 aliphatic heterocycles. The van der Waals surface area contributed by atoms with E-state index < -0.39 is 0 Å². The second kappa shape index (κ2) is 3.24. The number of hydrogen-bond acceptors (Lipinski definition) is 3. The van der Waals surface area contributed by atoms with Gasteiger partial charge in [0.15, 0.2) is 5.78 Å². The molecule has 1 aliphatic carbocycles. The van der Waals surface area contributed by atoms with Gasteiger partial charge in [0.2, 0.25) is 0 Å². The number of ketones is 1. The Kier molecular flexibility index (Phi) is 1.96. The molecule has 3 rings (SSSR count). The van der Waals surface area contributed by atoms with Gasteiger partial charge < -0.3 is 9.84 Å². The predicted octanol–water partition coefficient (Wildman–Crippen LogP) is 2.48. The molecule has 0 radical (unpaired) electrons. The standard InChI is InChI=1S/C13H14O3/c1-2-10(14)8-3-4-11-12(13(8)15)9-5-7(9)6-16-11/h3-4,7,9,15H,2,5-6H2,1H3/t7-,9-/m0/s1.